The van der Waals surface area contributed by atoms with Gasteiger partial charge in [-0.05, 0) is 48.5 Å². The SMILES string of the molecule is COc1c[c-]c(-c2[c-]cc(F)cc2)cc1.Cc1c[c-]c(-c2[c-]cc(C)cc2)cc1.OCN[P+](O)(c1ccccc1)c1ccccc1.OCN[P+](O)(c1ccccc1)c1ccccc1.[Au].[Au]. The molecule has 6 N–H and O–H groups in total. The van der Waals surface area contributed by atoms with Gasteiger partial charge in [-0.2, -0.15) is 72.8 Å². The Morgan fingerprint density at radius 1 is 0.446 bits per heavy atom. The second-order valence-corrected chi connectivity index (χ2v) is 19.1. The number of benzene rings is 8. The van der Waals surface area contributed by atoms with Gasteiger partial charge >= 0.3 is 0 Å². The molecule has 12 heteroatoms. The molecule has 0 aliphatic carbocycles. The number of rotatable bonds is 11. The van der Waals surface area contributed by atoms with E-state index in [1.807, 2.05) is 146 Å². The molecule has 0 aliphatic heterocycles. The quantitative estimate of drug-likeness (QED) is 0.0333. The third-order valence-corrected chi connectivity index (χ3v) is 14.8. The van der Waals surface area contributed by atoms with Gasteiger partial charge in [-0.15, -0.1) is 45.6 Å². The first-order valence-corrected chi connectivity index (χ1v) is 23.5. The zero-order chi connectivity index (χ0) is 44.9. The normalized spacial score (nSPS) is 10.5. The van der Waals surface area contributed by atoms with E-state index in [0.717, 1.165) is 49.2 Å². The van der Waals surface area contributed by atoms with Gasteiger partial charge in [-0.3, -0.25) is 4.39 Å². The summed E-state index contributed by atoms with van der Waals surface area (Å²) in [4.78, 5) is 21.6. The minimum Gasteiger partial charge on any atom is -0.540 e. The van der Waals surface area contributed by atoms with Gasteiger partial charge in [0.2, 0.25) is 0 Å². The summed E-state index contributed by atoms with van der Waals surface area (Å²) in [6.45, 7) is 3.63. The van der Waals surface area contributed by atoms with Crippen molar-refractivity contribution in [2.24, 2.45) is 0 Å². The van der Waals surface area contributed by atoms with E-state index < -0.39 is 15.3 Å². The van der Waals surface area contributed by atoms with Crippen LogP contribution in [0.1, 0.15) is 11.1 Å². The van der Waals surface area contributed by atoms with Crippen molar-refractivity contribution in [1.82, 2.24) is 10.2 Å². The number of methoxy groups -OCH3 is 1. The summed E-state index contributed by atoms with van der Waals surface area (Å²) < 4.78 is 17.7. The Kier molecular flexibility index (Phi) is 24.2. The van der Waals surface area contributed by atoms with Gasteiger partial charge < -0.3 is 14.9 Å². The Labute approximate surface area is 415 Å². The van der Waals surface area contributed by atoms with Crippen LogP contribution in [0.15, 0.2) is 194 Å². The van der Waals surface area contributed by atoms with E-state index in [4.69, 9.17) is 14.9 Å². The van der Waals surface area contributed by atoms with Gasteiger partial charge in [0.25, 0.3) is 15.3 Å². The topological polar surface area (TPSA) is 114 Å². The minimum absolute atomic E-state index is 0. The van der Waals surface area contributed by atoms with E-state index in [9.17, 15) is 14.2 Å². The molecule has 8 aromatic carbocycles. The molecule has 0 saturated carbocycles. The Bertz CT molecular complexity index is 2280. The minimum atomic E-state index is -2.67. The van der Waals surface area contributed by atoms with E-state index in [1.54, 1.807) is 19.2 Å². The summed E-state index contributed by atoms with van der Waals surface area (Å²) in [6, 6.07) is 72.1. The Hall–Kier alpha value is -4.41. The van der Waals surface area contributed by atoms with Gasteiger partial charge in [0.1, 0.15) is 34.7 Å². The Morgan fingerprint density at radius 3 is 1.00 bits per heavy atom. The van der Waals surface area contributed by atoms with Crippen LogP contribution in [-0.4, -0.2) is 40.6 Å². The maximum Gasteiger partial charge on any atom is 0.277 e. The van der Waals surface area contributed by atoms with Crippen LogP contribution in [0, 0.1) is 43.9 Å². The van der Waals surface area contributed by atoms with Crippen molar-refractivity contribution in [1.29, 1.82) is 0 Å². The second kappa shape index (κ2) is 28.6. The second-order valence-electron chi connectivity index (χ2n) is 13.9. The zero-order valence-corrected chi connectivity index (χ0v) is 42.1. The van der Waals surface area contributed by atoms with Gasteiger partial charge in [-0.25, -0.2) is 32.0 Å². The fraction of sp³-hybridized carbons (Fsp3) is 0.0943. The molecule has 0 unspecified atom stereocenters. The molecule has 2 radical (unpaired) electrons. The molecule has 0 heterocycles. The molecule has 0 aromatic heterocycles. The summed E-state index contributed by atoms with van der Waals surface area (Å²) in [6.07, 6.45) is 0. The first-order valence-electron chi connectivity index (χ1n) is 20.0. The fourth-order valence-corrected chi connectivity index (χ4v) is 10.2. The van der Waals surface area contributed by atoms with Gasteiger partial charge in [0, 0.05) is 56.3 Å². The van der Waals surface area contributed by atoms with E-state index in [0.29, 0.717) is 0 Å². The summed E-state index contributed by atoms with van der Waals surface area (Å²) in [5.41, 5.74) is 6.38. The summed E-state index contributed by atoms with van der Waals surface area (Å²) in [7, 11) is -3.74. The first kappa shape index (κ1) is 54.9. The zero-order valence-electron chi connectivity index (χ0n) is 36.0. The van der Waals surface area contributed by atoms with Crippen LogP contribution in [0.4, 0.5) is 4.39 Å². The Morgan fingerprint density at radius 2 is 0.754 bits per heavy atom. The number of hydrogen-bond acceptors (Lipinski definition) is 7. The summed E-state index contributed by atoms with van der Waals surface area (Å²) in [5.74, 6) is 0.466. The maximum atomic E-state index is 12.7. The molecule has 8 rings (SSSR count). The molecule has 0 amide bonds. The van der Waals surface area contributed by atoms with Gasteiger partial charge in [0.15, 0.2) is 0 Å². The van der Waals surface area contributed by atoms with E-state index in [-0.39, 0.29) is 64.0 Å². The van der Waals surface area contributed by atoms with Crippen molar-refractivity contribution in [3.8, 4) is 28.0 Å². The molecule has 0 atom stereocenters. The molecule has 344 valence electrons. The van der Waals surface area contributed by atoms with E-state index in [2.05, 4.69) is 72.6 Å². The van der Waals surface area contributed by atoms with Crippen molar-refractivity contribution >= 4 is 36.5 Å². The first-order chi connectivity index (χ1) is 30.6. The summed E-state index contributed by atoms with van der Waals surface area (Å²) >= 11 is 0. The number of nitrogens with one attached hydrogen (secondary N) is 2. The van der Waals surface area contributed by atoms with Gasteiger partial charge in [-0.1, -0.05) is 86.6 Å². The Balaban J connectivity index is 0.000000228. The van der Waals surface area contributed by atoms with Gasteiger partial charge in [0.05, 0.1) is 7.11 Å². The fourth-order valence-electron chi connectivity index (χ4n) is 6.06. The molecule has 0 saturated heterocycles. The number of aliphatic hydroxyl groups excluding tert-OH is 2. The van der Waals surface area contributed by atoms with Crippen molar-refractivity contribution < 1.29 is 73.9 Å². The standard InChI is InChI=1S/C14H12.C13H9FO.2C13H15NO2P.2Au/c1-11-3-7-13(8-4-11)14-9-5-12(2)6-10-14;1-15-13-8-4-11(5-9-13)10-2-6-12(14)7-3-10;2*15-11-14-17(16,12-7-3-1-4-8-12)13-9-5-2-6-10-13;;/h3-7,9H,1-2H3;2,4,6-9H,1H3;2*1-10,14-16H,11H2;;/q2*-2;2*+1;;. The van der Waals surface area contributed by atoms with Crippen LogP contribution in [0.25, 0.3) is 22.3 Å². The van der Waals surface area contributed by atoms with Crippen LogP contribution in [0.2, 0.25) is 0 Å². The molecule has 0 bridgehead atoms. The van der Waals surface area contributed by atoms with E-state index >= 15 is 0 Å². The molecule has 7 nitrogen and oxygen atoms in total. The average molecular weight is 1270 g/mol. The molecule has 65 heavy (non-hydrogen) atoms. The number of ether oxygens (including phenoxy) is 1. The van der Waals surface area contributed by atoms with Crippen LogP contribution in [-0.2, 0) is 44.8 Å². The van der Waals surface area contributed by atoms with Crippen molar-refractivity contribution in [3.63, 3.8) is 0 Å². The number of aliphatic hydroxyl groups is 2. The van der Waals surface area contributed by atoms with Crippen LogP contribution >= 0.6 is 15.3 Å². The monoisotopic (exact) mass is 1270 g/mol. The van der Waals surface area contributed by atoms with Crippen LogP contribution < -0.4 is 36.1 Å². The molecular weight excluding hydrogens is 1220 g/mol. The predicted octanol–water partition coefficient (Wildman–Crippen LogP) is 8.70. The number of hydrogen-bond donors (Lipinski definition) is 6. The number of halogens is 1. The molecule has 0 fully saturated rings. The van der Waals surface area contributed by atoms with Crippen molar-refractivity contribution in [2.45, 2.75) is 13.8 Å². The number of aryl methyl sites for hydroxylation is 2. The largest absolute Gasteiger partial charge is 0.540 e. The van der Waals surface area contributed by atoms with Crippen LogP contribution in [0.5, 0.6) is 5.75 Å². The summed E-state index contributed by atoms with van der Waals surface area (Å²) in [5, 5.41) is 27.0. The predicted molar refractivity (Wildman–Crippen MR) is 258 cm³/mol. The molecule has 0 aliphatic rings. The van der Waals surface area contributed by atoms with Crippen molar-refractivity contribution in [2.75, 3.05) is 20.6 Å². The van der Waals surface area contributed by atoms with Crippen molar-refractivity contribution in [3.05, 3.63) is 235 Å². The third kappa shape index (κ3) is 16.5. The molecular formula is C53H51Au2FN2O5P2-2. The molecule has 0 spiro atoms. The van der Waals surface area contributed by atoms with E-state index in [1.165, 1.54) is 23.3 Å². The average Bonchev–Trinajstić information content (AvgIpc) is 3.34. The smallest absolute Gasteiger partial charge is 0.277 e. The maximum absolute atomic E-state index is 12.7. The molecule has 8 aromatic rings. The van der Waals surface area contributed by atoms with Crippen LogP contribution in [0.3, 0.4) is 0 Å². The third-order valence-electron chi connectivity index (χ3n) is 9.43.